The van der Waals surface area contributed by atoms with Gasteiger partial charge in [-0.15, -0.1) is 0 Å². The molecule has 0 aliphatic heterocycles. The van der Waals surface area contributed by atoms with Crippen molar-refractivity contribution in [3.8, 4) is 11.5 Å². The highest BCUT2D eigenvalue weighted by atomic mass is 19.2. The lowest BCUT2D eigenvalue weighted by molar-refractivity contribution is -0.133. The van der Waals surface area contributed by atoms with Gasteiger partial charge in [0.15, 0.2) is 11.6 Å². The number of halogens is 9. The maximum absolute atomic E-state index is 12.8. The minimum Gasteiger partial charge on any atom is -0.420 e. The molecule has 0 bridgehead atoms. The van der Waals surface area contributed by atoms with E-state index in [0.29, 0.717) is 0 Å². The summed E-state index contributed by atoms with van der Waals surface area (Å²) in [5.74, 6) is -22.9. The molecule has 0 fully saturated rings. The predicted molar refractivity (Wildman–Crippen MR) is 97.8 cm³/mol. The van der Waals surface area contributed by atoms with Crippen LogP contribution in [-0.2, 0) is 9.59 Å². The van der Waals surface area contributed by atoms with Gasteiger partial charge in [-0.05, 0) is 0 Å². The van der Waals surface area contributed by atoms with Crippen molar-refractivity contribution in [3.63, 3.8) is 0 Å². The molecule has 0 atom stereocenters. The van der Waals surface area contributed by atoms with Crippen LogP contribution in [0.15, 0.2) is 6.07 Å². The number of rotatable bonds is 2. The van der Waals surface area contributed by atoms with Crippen LogP contribution in [0.4, 0.5) is 39.5 Å². The molecule has 0 heterocycles. The molecule has 2 aromatic rings. The van der Waals surface area contributed by atoms with Gasteiger partial charge in [0, 0.05) is 19.9 Å². The zero-order valence-corrected chi connectivity index (χ0v) is 18.1. The summed E-state index contributed by atoms with van der Waals surface area (Å²) in [5, 5.41) is 0. The van der Waals surface area contributed by atoms with Crippen LogP contribution in [0.2, 0.25) is 0 Å². The normalized spacial score (nSPS) is 9.30. The molecule has 0 aromatic heterocycles. The Kier molecular flexibility index (Phi) is 14.3. The van der Waals surface area contributed by atoms with Crippen molar-refractivity contribution in [3.05, 3.63) is 58.4 Å². The molecule has 2 aromatic carbocycles. The Morgan fingerprint density at radius 3 is 1.03 bits per heavy atom. The van der Waals surface area contributed by atoms with E-state index in [1.54, 1.807) is 0 Å². The molecule has 0 aliphatic rings. The second-order valence-electron chi connectivity index (χ2n) is 4.88. The van der Waals surface area contributed by atoms with E-state index in [1.165, 1.54) is 0 Å². The monoisotopic (exact) mass is 494 g/mol. The van der Waals surface area contributed by atoms with Gasteiger partial charge in [-0.3, -0.25) is 9.59 Å². The maximum atomic E-state index is 12.8. The highest BCUT2D eigenvalue weighted by Gasteiger charge is 2.27. The zero-order chi connectivity index (χ0) is 26.6. The third kappa shape index (κ3) is 8.66. The molecule has 0 radical (unpaired) electrons. The zero-order valence-electron chi connectivity index (χ0n) is 18.1. The predicted octanol–water partition coefficient (Wildman–Crippen LogP) is 6.53. The Balaban J connectivity index is 0. The Morgan fingerprint density at radius 2 is 0.758 bits per heavy atom. The van der Waals surface area contributed by atoms with Gasteiger partial charge in [-0.25, -0.2) is 22.0 Å². The van der Waals surface area contributed by atoms with E-state index in [1.807, 2.05) is 27.7 Å². The summed E-state index contributed by atoms with van der Waals surface area (Å²) in [4.78, 5) is 20.7. The molecule has 186 valence electrons. The van der Waals surface area contributed by atoms with Crippen LogP contribution in [0.25, 0.3) is 0 Å². The highest BCUT2D eigenvalue weighted by molar-refractivity contribution is 5.69. The SMILES string of the molecule is CC.CC.CC(=O)Oc1c(F)c(F)c(F)c(F)c1F.CC(=O)Oc1c(F)c(F)cc(F)c1F. The van der Waals surface area contributed by atoms with Gasteiger partial charge in [-0.2, -0.15) is 17.6 Å². The third-order valence-corrected chi connectivity index (χ3v) is 2.73. The fourth-order valence-corrected chi connectivity index (χ4v) is 1.60. The largest absolute Gasteiger partial charge is 0.420 e. The van der Waals surface area contributed by atoms with Crippen LogP contribution in [-0.4, -0.2) is 11.9 Å². The molecular weight excluding hydrogens is 475 g/mol. The summed E-state index contributed by atoms with van der Waals surface area (Å²) >= 11 is 0. The Hall–Kier alpha value is -3.25. The lowest BCUT2D eigenvalue weighted by Crippen LogP contribution is -2.10. The third-order valence-electron chi connectivity index (χ3n) is 2.73. The summed E-state index contributed by atoms with van der Waals surface area (Å²) in [7, 11) is 0. The number of carbonyl (C=O) groups excluding carboxylic acids is 2. The first-order valence-electron chi connectivity index (χ1n) is 9.00. The van der Waals surface area contributed by atoms with Crippen molar-refractivity contribution in [2.45, 2.75) is 41.5 Å². The van der Waals surface area contributed by atoms with E-state index in [2.05, 4.69) is 9.47 Å². The van der Waals surface area contributed by atoms with E-state index in [4.69, 9.17) is 0 Å². The fourth-order valence-electron chi connectivity index (χ4n) is 1.60. The van der Waals surface area contributed by atoms with E-state index >= 15 is 0 Å². The standard InChI is InChI=1S/C8H3F5O2.C8H4F4O2.2C2H6/c1-2(14)15-8-6(12)4(10)3(9)5(11)7(8)13;1-3(13)14-8-6(11)4(9)2-5(10)7(8)12;2*1-2/h1H3;2H,1H3;2*1-2H3. The smallest absolute Gasteiger partial charge is 0.308 e. The first kappa shape index (κ1) is 31.9. The number of hydrogen-bond acceptors (Lipinski definition) is 4. The second kappa shape index (κ2) is 14.7. The lowest BCUT2D eigenvalue weighted by Gasteiger charge is -2.06. The fraction of sp³-hybridized carbons (Fsp3) is 0.300. The average Bonchev–Trinajstić information content (AvgIpc) is 2.78. The Bertz CT molecular complexity index is 924. The van der Waals surface area contributed by atoms with Crippen molar-refractivity contribution in [2.75, 3.05) is 0 Å². The number of hydrogen-bond donors (Lipinski definition) is 0. The molecule has 4 nitrogen and oxygen atoms in total. The van der Waals surface area contributed by atoms with Crippen LogP contribution >= 0.6 is 0 Å². The van der Waals surface area contributed by atoms with E-state index in [-0.39, 0.29) is 6.07 Å². The number of carbonyl (C=O) groups is 2. The topological polar surface area (TPSA) is 52.6 Å². The van der Waals surface area contributed by atoms with E-state index < -0.39 is 75.8 Å². The van der Waals surface area contributed by atoms with Crippen LogP contribution < -0.4 is 9.47 Å². The van der Waals surface area contributed by atoms with Gasteiger partial charge in [0.2, 0.25) is 52.2 Å². The summed E-state index contributed by atoms with van der Waals surface area (Å²) in [5.41, 5.74) is 0. The summed E-state index contributed by atoms with van der Waals surface area (Å²) < 4.78 is 121. The number of ether oxygens (including phenoxy) is 2. The van der Waals surface area contributed by atoms with E-state index in [9.17, 15) is 49.1 Å². The Morgan fingerprint density at radius 1 is 0.515 bits per heavy atom. The summed E-state index contributed by atoms with van der Waals surface area (Å²) in [6.07, 6.45) is 0. The molecule has 0 saturated carbocycles. The minimum absolute atomic E-state index is 0.0255. The molecule has 0 aliphatic carbocycles. The van der Waals surface area contributed by atoms with Gasteiger partial charge < -0.3 is 9.47 Å². The molecule has 33 heavy (non-hydrogen) atoms. The summed E-state index contributed by atoms with van der Waals surface area (Å²) in [6.45, 7) is 9.61. The van der Waals surface area contributed by atoms with Crippen molar-refractivity contribution in [1.29, 1.82) is 0 Å². The lowest BCUT2D eigenvalue weighted by atomic mass is 10.2. The second-order valence-corrected chi connectivity index (χ2v) is 4.88. The summed E-state index contributed by atoms with van der Waals surface area (Å²) in [6, 6.07) is 0.0255. The number of esters is 2. The Labute approximate surface area is 182 Å². The highest BCUT2D eigenvalue weighted by Crippen LogP contribution is 2.29. The van der Waals surface area contributed by atoms with Gasteiger partial charge in [0.1, 0.15) is 0 Å². The maximum Gasteiger partial charge on any atom is 0.308 e. The van der Waals surface area contributed by atoms with Crippen LogP contribution in [0.3, 0.4) is 0 Å². The van der Waals surface area contributed by atoms with Crippen LogP contribution in [0.5, 0.6) is 11.5 Å². The van der Waals surface area contributed by atoms with Gasteiger partial charge >= 0.3 is 11.9 Å². The minimum atomic E-state index is -2.30. The molecule has 0 spiro atoms. The number of benzene rings is 2. The molecule has 0 N–H and O–H groups in total. The molecular formula is C20H19F9O4. The first-order chi connectivity index (χ1) is 15.3. The quantitative estimate of drug-likeness (QED) is 0.157. The molecule has 0 saturated heterocycles. The molecule has 13 heteroatoms. The van der Waals surface area contributed by atoms with Crippen molar-refractivity contribution >= 4 is 11.9 Å². The van der Waals surface area contributed by atoms with Crippen LogP contribution in [0.1, 0.15) is 41.5 Å². The molecule has 2 rings (SSSR count). The van der Waals surface area contributed by atoms with Gasteiger partial charge in [0.25, 0.3) is 0 Å². The molecule has 0 amide bonds. The van der Waals surface area contributed by atoms with Gasteiger partial charge in [0.05, 0.1) is 0 Å². The average molecular weight is 494 g/mol. The van der Waals surface area contributed by atoms with Gasteiger partial charge in [-0.1, -0.05) is 27.7 Å². The first-order valence-corrected chi connectivity index (χ1v) is 9.00. The van der Waals surface area contributed by atoms with Crippen molar-refractivity contribution < 1.29 is 58.6 Å². The van der Waals surface area contributed by atoms with E-state index in [0.717, 1.165) is 13.8 Å². The molecule has 0 unspecified atom stereocenters. The van der Waals surface area contributed by atoms with Crippen molar-refractivity contribution in [1.82, 2.24) is 0 Å². The van der Waals surface area contributed by atoms with Crippen LogP contribution in [0, 0.1) is 52.4 Å². The van der Waals surface area contributed by atoms with Crippen molar-refractivity contribution in [2.24, 2.45) is 0 Å².